The van der Waals surface area contributed by atoms with Crippen molar-refractivity contribution < 1.29 is 22.7 Å². The van der Waals surface area contributed by atoms with Gasteiger partial charge in [-0.15, -0.1) is 0 Å². The molecule has 1 heterocycles. The summed E-state index contributed by atoms with van der Waals surface area (Å²) in [6.45, 7) is 3.11. The Hall–Kier alpha value is -2.42. The van der Waals surface area contributed by atoms with Gasteiger partial charge in [-0.2, -0.15) is 4.31 Å². The Morgan fingerprint density at radius 1 is 1.06 bits per heavy atom. The van der Waals surface area contributed by atoms with Crippen molar-refractivity contribution in [3.8, 4) is 0 Å². The van der Waals surface area contributed by atoms with Crippen LogP contribution in [0.5, 0.6) is 0 Å². The number of carbonyl (C=O) groups excluding carboxylic acids is 2. The van der Waals surface area contributed by atoms with Crippen molar-refractivity contribution in [2.45, 2.75) is 31.1 Å². The Morgan fingerprint density at radius 2 is 1.69 bits per heavy atom. The van der Waals surface area contributed by atoms with Crippen LogP contribution in [-0.4, -0.2) is 50.8 Å². The number of sulfonamides is 1. The first-order chi connectivity index (χ1) is 15.3. The minimum atomic E-state index is -3.58. The summed E-state index contributed by atoms with van der Waals surface area (Å²) in [5.41, 5.74) is 1.21. The summed E-state index contributed by atoms with van der Waals surface area (Å²) < 4.78 is 32.0. The molecule has 3 rings (SSSR count). The lowest BCUT2D eigenvalue weighted by Gasteiger charge is -2.29. The van der Waals surface area contributed by atoms with Crippen molar-refractivity contribution in [2.24, 2.45) is 5.92 Å². The largest absolute Gasteiger partial charge is 0.452 e. The molecule has 1 N–H and O–H groups in total. The maximum absolute atomic E-state index is 12.8. The number of hydrogen-bond donors (Lipinski definition) is 1. The van der Waals surface area contributed by atoms with E-state index in [0.717, 1.165) is 18.4 Å². The summed E-state index contributed by atoms with van der Waals surface area (Å²) in [6.07, 6.45) is 2.31. The quantitative estimate of drug-likeness (QED) is 0.588. The van der Waals surface area contributed by atoms with Gasteiger partial charge in [0.05, 0.1) is 10.5 Å². The number of halogens is 1. The summed E-state index contributed by atoms with van der Waals surface area (Å²) in [5, 5.41) is 3.34. The molecule has 0 bridgehead atoms. The minimum absolute atomic E-state index is 0.142. The number of amides is 1. The van der Waals surface area contributed by atoms with Crippen molar-refractivity contribution in [1.82, 2.24) is 9.62 Å². The van der Waals surface area contributed by atoms with E-state index in [9.17, 15) is 18.0 Å². The Morgan fingerprint density at radius 3 is 2.31 bits per heavy atom. The molecular weight excluding hydrogens is 452 g/mol. The van der Waals surface area contributed by atoms with Gasteiger partial charge in [0.2, 0.25) is 10.0 Å². The van der Waals surface area contributed by atoms with Crippen molar-refractivity contribution >= 4 is 33.5 Å². The Balaban J connectivity index is 1.46. The SMILES string of the molecule is CC1CCN(S(=O)(=O)c2ccc(C(=O)OCC(=O)NCCc3ccc(Cl)cc3)cc2)CC1. The molecule has 7 nitrogen and oxygen atoms in total. The fourth-order valence-corrected chi connectivity index (χ4v) is 5.00. The highest BCUT2D eigenvalue weighted by atomic mass is 35.5. The molecule has 0 aliphatic carbocycles. The molecule has 0 aromatic heterocycles. The molecule has 1 aliphatic rings. The zero-order valence-corrected chi connectivity index (χ0v) is 19.5. The maximum atomic E-state index is 12.8. The zero-order chi connectivity index (χ0) is 23.1. The number of nitrogens with one attached hydrogen (secondary N) is 1. The van der Waals surface area contributed by atoms with Crippen molar-refractivity contribution in [3.63, 3.8) is 0 Å². The Kier molecular flexibility index (Phi) is 8.28. The highest BCUT2D eigenvalue weighted by molar-refractivity contribution is 7.89. The van der Waals surface area contributed by atoms with E-state index < -0.39 is 28.5 Å². The molecule has 32 heavy (non-hydrogen) atoms. The van der Waals surface area contributed by atoms with Crippen LogP contribution in [-0.2, 0) is 26.0 Å². The summed E-state index contributed by atoms with van der Waals surface area (Å²) in [5.74, 6) is -0.576. The first kappa shape index (κ1) is 24.2. The predicted molar refractivity (Wildman–Crippen MR) is 122 cm³/mol. The summed E-state index contributed by atoms with van der Waals surface area (Å²) in [7, 11) is -3.58. The number of nitrogens with zero attached hydrogens (tertiary/aromatic N) is 1. The second-order valence-corrected chi connectivity index (χ2v) is 10.3. The van der Waals surface area contributed by atoms with E-state index in [1.165, 1.54) is 28.6 Å². The van der Waals surface area contributed by atoms with Gasteiger partial charge in [-0.1, -0.05) is 30.7 Å². The Labute approximate surface area is 193 Å². The third-order valence-electron chi connectivity index (χ3n) is 5.45. The van der Waals surface area contributed by atoms with Crippen molar-refractivity contribution in [2.75, 3.05) is 26.2 Å². The monoisotopic (exact) mass is 478 g/mol. The van der Waals surface area contributed by atoms with E-state index in [1.54, 1.807) is 12.1 Å². The number of piperidine rings is 1. The average Bonchev–Trinajstić information content (AvgIpc) is 2.79. The lowest BCUT2D eigenvalue weighted by molar-refractivity contribution is -0.124. The summed E-state index contributed by atoms with van der Waals surface area (Å²) >= 11 is 5.84. The van der Waals surface area contributed by atoms with Gasteiger partial charge in [0.25, 0.3) is 5.91 Å². The highest BCUT2D eigenvalue weighted by Crippen LogP contribution is 2.23. The number of carbonyl (C=O) groups is 2. The summed E-state index contributed by atoms with van der Waals surface area (Å²) in [6, 6.07) is 12.9. The van der Waals surface area contributed by atoms with Gasteiger partial charge >= 0.3 is 5.97 Å². The van der Waals surface area contributed by atoms with Gasteiger partial charge in [0.15, 0.2) is 6.61 Å². The number of hydrogen-bond acceptors (Lipinski definition) is 5. The molecule has 1 saturated heterocycles. The lowest BCUT2D eigenvalue weighted by Crippen LogP contribution is -2.37. The number of esters is 1. The van der Waals surface area contributed by atoms with Crippen LogP contribution in [0.1, 0.15) is 35.7 Å². The van der Waals surface area contributed by atoms with Crippen LogP contribution in [0.4, 0.5) is 0 Å². The maximum Gasteiger partial charge on any atom is 0.338 e. The fourth-order valence-electron chi connectivity index (χ4n) is 3.40. The zero-order valence-electron chi connectivity index (χ0n) is 17.9. The molecule has 0 atom stereocenters. The Bertz CT molecular complexity index is 1030. The molecule has 1 fully saturated rings. The number of ether oxygens (including phenoxy) is 1. The normalized spacial score (nSPS) is 15.3. The molecule has 2 aromatic carbocycles. The van der Waals surface area contributed by atoms with Crippen LogP contribution in [0.25, 0.3) is 0 Å². The van der Waals surface area contributed by atoms with E-state index in [-0.39, 0.29) is 10.5 Å². The molecule has 2 aromatic rings. The van der Waals surface area contributed by atoms with E-state index in [4.69, 9.17) is 16.3 Å². The molecule has 0 radical (unpaired) electrons. The fraction of sp³-hybridized carbons (Fsp3) is 0.391. The van der Waals surface area contributed by atoms with Crippen LogP contribution in [0, 0.1) is 5.92 Å². The predicted octanol–water partition coefficient (Wildman–Crippen LogP) is 3.28. The molecule has 1 aliphatic heterocycles. The first-order valence-corrected chi connectivity index (χ1v) is 12.4. The second-order valence-electron chi connectivity index (χ2n) is 7.91. The first-order valence-electron chi connectivity index (χ1n) is 10.5. The third-order valence-corrected chi connectivity index (χ3v) is 7.62. The van der Waals surface area contributed by atoms with Crippen LogP contribution in [0.15, 0.2) is 53.4 Å². The van der Waals surface area contributed by atoms with Crippen LogP contribution in [0.3, 0.4) is 0 Å². The molecule has 0 saturated carbocycles. The topological polar surface area (TPSA) is 92.8 Å². The number of rotatable bonds is 8. The lowest BCUT2D eigenvalue weighted by atomic mass is 10.0. The van der Waals surface area contributed by atoms with Gasteiger partial charge < -0.3 is 10.1 Å². The van der Waals surface area contributed by atoms with E-state index >= 15 is 0 Å². The van der Waals surface area contributed by atoms with Gasteiger partial charge in [-0.25, -0.2) is 13.2 Å². The van der Waals surface area contributed by atoms with Crippen LogP contribution >= 0.6 is 11.6 Å². The minimum Gasteiger partial charge on any atom is -0.452 e. The van der Waals surface area contributed by atoms with E-state index in [1.807, 2.05) is 12.1 Å². The smallest absolute Gasteiger partial charge is 0.338 e. The van der Waals surface area contributed by atoms with Crippen LogP contribution in [0.2, 0.25) is 5.02 Å². The van der Waals surface area contributed by atoms with E-state index in [2.05, 4.69) is 12.2 Å². The number of benzene rings is 2. The molecule has 172 valence electrons. The summed E-state index contributed by atoms with van der Waals surface area (Å²) in [4.78, 5) is 24.3. The van der Waals surface area contributed by atoms with Gasteiger partial charge in [0, 0.05) is 24.7 Å². The molecule has 9 heteroatoms. The second kappa shape index (κ2) is 10.9. The van der Waals surface area contributed by atoms with Crippen molar-refractivity contribution in [3.05, 3.63) is 64.7 Å². The van der Waals surface area contributed by atoms with Gasteiger partial charge in [-0.3, -0.25) is 4.79 Å². The van der Waals surface area contributed by atoms with Gasteiger partial charge in [-0.05, 0) is 67.1 Å². The van der Waals surface area contributed by atoms with Crippen LogP contribution < -0.4 is 5.32 Å². The third kappa shape index (κ3) is 6.54. The van der Waals surface area contributed by atoms with E-state index in [0.29, 0.717) is 37.0 Å². The standard InChI is InChI=1S/C23H27ClN2O5S/c1-17-11-14-26(15-12-17)32(29,30)21-8-4-19(5-9-21)23(28)31-16-22(27)25-13-10-18-2-6-20(24)7-3-18/h2-9,17H,10-16H2,1H3,(H,25,27). The molecular formula is C23H27ClN2O5S. The molecule has 0 spiro atoms. The van der Waals surface area contributed by atoms with Gasteiger partial charge in [0.1, 0.15) is 0 Å². The molecule has 1 amide bonds. The van der Waals surface area contributed by atoms with Crippen molar-refractivity contribution in [1.29, 1.82) is 0 Å². The average molecular weight is 479 g/mol. The highest BCUT2D eigenvalue weighted by Gasteiger charge is 2.28. The molecule has 0 unspecified atom stereocenters.